The molecule has 4 heteroatoms. The molecule has 0 saturated carbocycles. The van der Waals surface area contributed by atoms with E-state index >= 15 is 0 Å². The number of anilines is 1. The van der Waals surface area contributed by atoms with Crippen LogP contribution in [0.5, 0.6) is 0 Å². The van der Waals surface area contributed by atoms with Crippen LogP contribution in [0.25, 0.3) is 0 Å². The van der Waals surface area contributed by atoms with Crippen molar-refractivity contribution in [1.29, 1.82) is 0 Å². The first-order chi connectivity index (χ1) is 9.19. The zero-order valence-electron chi connectivity index (χ0n) is 12.1. The van der Waals surface area contributed by atoms with Crippen molar-refractivity contribution < 1.29 is 9.53 Å². The van der Waals surface area contributed by atoms with Gasteiger partial charge in [-0.15, -0.1) is 0 Å². The highest BCUT2D eigenvalue weighted by Gasteiger charge is 2.08. The minimum absolute atomic E-state index is 0.0424. The van der Waals surface area contributed by atoms with Crippen LogP contribution >= 0.6 is 0 Å². The zero-order valence-corrected chi connectivity index (χ0v) is 12.1. The summed E-state index contributed by atoms with van der Waals surface area (Å²) in [4.78, 5) is 12.0. The first-order valence-electron chi connectivity index (χ1n) is 6.89. The van der Waals surface area contributed by atoms with Gasteiger partial charge in [-0.2, -0.15) is 0 Å². The Morgan fingerprint density at radius 3 is 2.68 bits per heavy atom. The third kappa shape index (κ3) is 5.30. The van der Waals surface area contributed by atoms with Crippen LogP contribution in [-0.2, 0) is 4.74 Å². The predicted octanol–water partition coefficient (Wildman–Crippen LogP) is 2.58. The number of ether oxygens (including phenoxy) is 1. The van der Waals surface area contributed by atoms with Crippen molar-refractivity contribution in [3.8, 4) is 0 Å². The molecule has 0 fully saturated rings. The zero-order chi connectivity index (χ0) is 14.1. The molecule has 19 heavy (non-hydrogen) atoms. The largest absolute Gasteiger partial charge is 0.385 e. The summed E-state index contributed by atoms with van der Waals surface area (Å²) < 4.78 is 5.19. The Hall–Kier alpha value is -1.55. The van der Waals surface area contributed by atoms with Gasteiger partial charge in [-0.05, 0) is 44.0 Å². The second kappa shape index (κ2) is 8.53. The topological polar surface area (TPSA) is 50.4 Å². The van der Waals surface area contributed by atoms with E-state index in [1.165, 1.54) is 0 Å². The molecule has 1 aromatic carbocycles. The summed E-state index contributed by atoms with van der Waals surface area (Å²) in [6, 6.07) is 5.82. The highest BCUT2D eigenvalue weighted by atomic mass is 16.5. The number of nitrogens with one attached hydrogen (secondary N) is 2. The minimum Gasteiger partial charge on any atom is -0.385 e. The normalized spacial score (nSPS) is 10.3. The van der Waals surface area contributed by atoms with Crippen LogP contribution in [0, 0.1) is 6.92 Å². The molecule has 1 aromatic rings. The molecular weight excluding hydrogens is 240 g/mol. The maximum absolute atomic E-state index is 12.0. The lowest BCUT2D eigenvalue weighted by Crippen LogP contribution is -2.27. The van der Waals surface area contributed by atoms with Crippen molar-refractivity contribution in [3.05, 3.63) is 29.3 Å². The summed E-state index contributed by atoms with van der Waals surface area (Å²) >= 11 is 0. The molecule has 106 valence electrons. The van der Waals surface area contributed by atoms with E-state index in [9.17, 15) is 4.79 Å². The average molecular weight is 264 g/mol. The third-order valence-corrected chi connectivity index (χ3v) is 2.79. The molecule has 1 rings (SSSR count). The highest BCUT2D eigenvalue weighted by Crippen LogP contribution is 2.15. The number of hydrogen-bond acceptors (Lipinski definition) is 3. The molecule has 2 N–H and O–H groups in total. The molecule has 0 aromatic heterocycles. The number of rotatable bonds is 8. The fourth-order valence-corrected chi connectivity index (χ4v) is 1.77. The van der Waals surface area contributed by atoms with Crippen molar-refractivity contribution in [1.82, 2.24) is 5.32 Å². The summed E-state index contributed by atoms with van der Waals surface area (Å²) in [5.41, 5.74) is 2.76. The Balaban J connectivity index is 2.55. The second-order valence-electron chi connectivity index (χ2n) is 4.41. The van der Waals surface area contributed by atoms with Crippen LogP contribution in [0.3, 0.4) is 0 Å². The molecule has 0 spiro atoms. The van der Waals surface area contributed by atoms with E-state index in [0.29, 0.717) is 19.8 Å². The molecular formula is C15H24N2O2. The maximum Gasteiger partial charge on any atom is 0.251 e. The average Bonchev–Trinajstić information content (AvgIpc) is 2.41. The van der Waals surface area contributed by atoms with E-state index in [1.807, 2.05) is 32.0 Å². The van der Waals surface area contributed by atoms with Crippen molar-refractivity contribution in [2.24, 2.45) is 0 Å². The van der Waals surface area contributed by atoms with Gasteiger partial charge in [-0.25, -0.2) is 0 Å². The summed E-state index contributed by atoms with van der Waals surface area (Å²) in [5, 5.41) is 6.16. The van der Waals surface area contributed by atoms with E-state index in [2.05, 4.69) is 17.6 Å². The van der Waals surface area contributed by atoms with Crippen LogP contribution < -0.4 is 10.6 Å². The first-order valence-corrected chi connectivity index (χ1v) is 6.89. The van der Waals surface area contributed by atoms with Gasteiger partial charge in [0.1, 0.15) is 0 Å². The predicted molar refractivity (Wildman–Crippen MR) is 78.8 cm³/mol. The molecule has 0 heterocycles. The van der Waals surface area contributed by atoms with Gasteiger partial charge in [-0.1, -0.05) is 6.92 Å². The number of benzene rings is 1. The van der Waals surface area contributed by atoms with Gasteiger partial charge in [0.05, 0.1) is 6.61 Å². The monoisotopic (exact) mass is 264 g/mol. The van der Waals surface area contributed by atoms with E-state index in [0.717, 1.165) is 29.8 Å². The second-order valence-corrected chi connectivity index (χ2v) is 4.41. The van der Waals surface area contributed by atoms with Crippen LogP contribution in [-0.4, -0.2) is 32.2 Å². The summed E-state index contributed by atoms with van der Waals surface area (Å²) in [6.45, 7) is 8.73. The lowest BCUT2D eigenvalue weighted by atomic mass is 10.1. The van der Waals surface area contributed by atoms with E-state index < -0.39 is 0 Å². The maximum atomic E-state index is 12.0. The number of carbonyl (C=O) groups is 1. The molecule has 0 aliphatic heterocycles. The van der Waals surface area contributed by atoms with Gasteiger partial charge in [-0.3, -0.25) is 4.79 Å². The van der Waals surface area contributed by atoms with E-state index in [1.54, 1.807) is 0 Å². The number of hydrogen-bond donors (Lipinski definition) is 2. The molecule has 0 unspecified atom stereocenters. The third-order valence-electron chi connectivity index (χ3n) is 2.79. The van der Waals surface area contributed by atoms with Crippen molar-refractivity contribution in [3.63, 3.8) is 0 Å². The Bertz CT molecular complexity index is 405. The van der Waals surface area contributed by atoms with Crippen LogP contribution in [0.2, 0.25) is 0 Å². The van der Waals surface area contributed by atoms with Crippen LogP contribution in [0.4, 0.5) is 5.69 Å². The van der Waals surface area contributed by atoms with E-state index in [4.69, 9.17) is 4.74 Å². The lowest BCUT2D eigenvalue weighted by molar-refractivity contribution is 0.0922. The van der Waals surface area contributed by atoms with Gasteiger partial charge in [0, 0.05) is 30.9 Å². The van der Waals surface area contributed by atoms with Crippen molar-refractivity contribution >= 4 is 11.6 Å². The first kappa shape index (κ1) is 15.5. The number of carbonyl (C=O) groups excluding carboxylic acids is 1. The standard InChI is InChI=1S/C15H24N2O2/c1-4-8-16-13-6-7-14(12(3)11-13)15(18)17-9-10-19-5-2/h6-7,11,16H,4-5,8-10H2,1-3H3,(H,17,18). The quantitative estimate of drug-likeness (QED) is 0.710. The van der Waals surface area contributed by atoms with Gasteiger partial charge in [0.25, 0.3) is 5.91 Å². The SMILES string of the molecule is CCCNc1ccc(C(=O)NCCOCC)c(C)c1. The minimum atomic E-state index is -0.0424. The Labute approximate surface area is 115 Å². The van der Waals surface area contributed by atoms with Gasteiger partial charge >= 0.3 is 0 Å². The molecule has 1 amide bonds. The number of amides is 1. The Kier molecular flexibility index (Phi) is 6.97. The molecule has 0 atom stereocenters. The molecule has 0 aliphatic carbocycles. The molecule has 0 radical (unpaired) electrons. The van der Waals surface area contributed by atoms with Gasteiger partial charge in [0.15, 0.2) is 0 Å². The molecule has 4 nitrogen and oxygen atoms in total. The Morgan fingerprint density at radius 2 is 2.05 bits per heavy atom. The fraction of sp³-hybridized carbons (Fsp3) is 0.533. The van der Waals surface area contributed by atoms with Crippen LogP contribution in [0.1, 0.15) is 36.2 Å². The summed E-state index contributed by atoms with van der Waals surface area (Å²) in [5.74, 6) is -0.0424. The van der Waals surface area contributed by atoms with Crippen molar-refractivity contribution in [2.45, 2.75) is 27.2 Å². The summed E-state index contributed by atoms with van der Waals surface area (Å²) in [6.07, 6.45) is 1.08. The fourth-order valence-electron chi connectivity index (χ4n) is 1.77. The highest BCUT2D eigenvalue weighted by molar-refractivity contribution is 5.96. The van der Waals surface area contributed by atoms with Gasteiger partial charge in [0.2, 0.25) is 0 Å². The molecule has 0 bridgehead atoms. The summed E-state index contributed by atoms with van der Waals surface area (Å²) in [7, 11) is 0. The molecule has 0 saturated heterocycles. The van der Waals surface area contributed by atoms with E-state index in [-0.39, 0.29) is 5.91 Å². The lowest BCUT2D eigenvalue weighted by Gasteiger charge is -2.10. The van der Waals surface area contributed by atoms with Crippen molar-refractivity contribution in [2.75, 3.05) is 31.6 Å². The smallest absolute Gasteiger partial charge is 0.251 e. The number of aryl methyl sites for hydroxylation is 1. The Morgan fingerprint density at radius 1 is 1.26 bits per heavy atom. The van der Waals surface area contributed by atoms with Crippen LogP contribution in [0.15, 0.2) is 18.2 Å². The molecule has 0 aliphatic rings. The van der Waals surface area contributed by atoms with Gasteiger partial charge < -0.3 is 15.4 Å².